The maximum absolute atomic E-state index is 12.4. The van der Waals surface area contributed by atoms with Gasteiger partial charge in [0.15, 0.2) is 0 Å². The van der Waals surface area contributed by atoms with E-state index in [1.165, 1.54) is 83.5 Å². The van der Waals surface area contributed by atoms with Gasteiger partial charge in [-0.15, -0.1) is 0 Å². The summed E-state index contributed by atoms with van der Waals surface area (Å²) in [5, 5.41) is 0. The van der Waals surface area contributed by atoms with E-state index in [-0.39, 0.29) is 18.0 Å². The van der Waals surface area contributed by atoms with Gasteiger partial charge in [-0.3, -0.25) is 4.79 Å². The Morgan fingerprint density at radius 1 is 0.757 bits per heavy atom. The Balaban J connectivity index is 1.98. The number of hydrogen-bond acceptors (Lipinski definition) is 5. The summed E-state index contributed by atoms with van der Waals surface area (Å²) < 4.78 is 17.6. The smallest absolute Gasteiger partial charge is 0.308 e. The van der Waals surface area contributed by atoms with Crippen LogP contribution >= 0.6 is 0 Å². The molecular weight excluding hydrogens is 462 g/mol. The van der Waals surface area contributed by atoms with Crippen LogP contribution in [-0.4, -0.2) is 63.5 Å². The number of unbranched alkanes of at least 4 members (excludes halogenated alkanes) is 12. The average Bonchev–Trinajstić information content (AvgIpc) is 3.62. The van der Waals surface area contributed by atoms with Gasteiger partial charge in [0.05, 0.1) is 25.2 Å². The van der Waals surface area contributed by atoms with Crippen LogP contribution in [0.3, 0.4) is 0 Å². The first kappa shape index (κ1) is 34.4. The number of likely N-dealkylation sites (N-methyl/N-ethyl adjacent to an activating group) is 1. The minimum Gasteiger partial charge on any atom is -0.462 e. The highest BCUT2D eigenvalue weighted by Gasteiger charge is 2.40. The largest absolute Gasteiger partial charge is 0.462 e. The molecule has 37 heavy (non-hydrogen) atoms. The molecule has 4 unspecified atom stereocenters. The molecular formula is C32H63NO4. The van der Waals surface area contributed by atoms with Crippen molar-refractivity contribution in [2.75, 3.05) is 40.5 Å². The molecule has 0 aliphatic heterocycles. The van der Waals surface area contributed by atoms with E-state index in [0.29, 0.717) is 18.6 Å². The Hall–Kier alpha value is -0.650. The van der Waals surface area contributed by atoms with Crippen molar-refractivity contribution in [1.82, 2.24) is 4.90 Å². The molecule has 0 saturated heterocycles. The van der Waals surface area contributed by atoms with Crippen molar-refractivity contribution in [1.29, 1.82) is 0 Å². The lowest BCUT2D eigenvalue weighted by Gasteiger charge is -2.24. The fourth-order valence-electron chi connectivity index (χ4n) is 4.84. The second-order valence-corrected chi connectivity index (χ2v) is 11.8. The summed E-state index contributed by atoms with van der Waals surface area (Å²) in [6.45, 7) is 9.56. The first-order chi connectivity index (χ1) is 18.0. The molecule has 5 nitrogen and oxygen atoms in total. The highest BCUT2D eigenvalue weighted by molar-refractivity contribution is 5.72. The van der Waals surface area contributed by atoms with Crippen LogP contribution in [0.2, 0.25) is 0 Å². The fraction of sp³-hybridized carbons (Fsp3) is 0.969. The zero-order valence-electron chi connectivity index (χ0n) is 25.4. The van der Waals surface area contributed by atoms with E-state index in [9.17, 15) is 4.79 Å². The molecule has 0 N–H and O–H groups in total. The van der Waals surface area contributed by atoms with Gasteiger partial charge in [0.25, 0.3) is 0 Å². The summed E-state index contributed by atoms with van der Waals surface area (Å²) in [5.74, 6) is 0.618. The molecule has 0 heterocycles. The third-order valence-corrected chi connectivity index (χ3v) is 7.87. The van der Waals surface area contributed by atoms with Gasteiger partial charge in [0.2, 0.25) is 0 Å². The summed E-state index contributed by atoms with van der Waals surface area (Å²) in [5.41, 5.74) is 0. The lowest BCUT2D eigenvalue weighted by atomic mass is 10.0. The minimum absolute atomic E-state index is 0.00199. The summed E-state index contributed by atoms with van der Waals surface area (Å²) in [6.07, 6.45) is 22.6. The predicted octanol–water partition coefficient (Wildman–Crippen LogP) is 8.19. The van der Waals surface area contributed by atoms with Crippen LogP contribution in [0.25, 0.3) is 0 Å². The highest BCUT2D eigenvalue weighted by atomic mass is 16.5. The molecule has 0 aromatic heterocycles. The van der Waals surface area contributed by atoms with E-state index in [2.05, 4.69) is 32.8 Å². The zero-order chi connectivity index (χ0) is 27.1. The van der Waals surface area contributed by atoms with Gasteiger partial charge >= 0.3 is 5.97 Å². The molecule has 1 fully saturated rings. The Morgan fingerprint density at radius 2 is 1.27 bits per heavy atom. The highest BCUT2D eigenvalue weighted by Crippen LogP contribution is 2.39. The van der Waals surface area contributed by atoms with Crippen LogP contribution in [0.5, 0.6) is 0 Å². The van der Waals surface area contributed by atoms with E-state index in [4.69, 9.17) is 14.2 Å². The van der Waals surface area contributed by atoms with Crippen molar-refractivity contribution in [3.63, 3.8) is 0 Å². The van der Waals surface area contributed by atoms with E-state index in [1.54, 1.807) is 0 Å². The first-order valence-electron chi connectivity index (χ1n) is 16.0. The number of hydrogen-bond donors (Lipinski definition) is 0. The molecule has 0 bridgehead atoms. The van der Waals surface area contributed by atoms with Crippen molar-refractivity contribution in [2.24, 2.45) is 11.8 Å². The molecule has 220 valence electrons. The standard InChI is InChI=1S/C32H63NO4/c1-6-8-10-12-14-16-19-23-35-26-30(33(4)5)27-36-24-20-18-21-28(3)32(34)37-31-25-29(31)22-17-15-13-11-9-7-2/h28-31H,6-27H2,1-5H3. The molecule has 5 heteroatoms. The van der Waals surface area contributed by atoms with Gasteiger partial charge in [-0.05, 0) is 52.1 Å². The maximum Gasteiger partial charge on any atom is 0.308 e. The van der Waals surface area contributed by atoms with Crippen molar-refractivity contribution < 1.29 is 19.0 Å². The Bertz CT molecular complexity index is 527. The van der Waals surface area contributed by atoms with E-state index in [1.807, 2.05) is 6.92 Å². The number of ether oxygens (including phenoxy) is 3. The van der Waals surface area contributed by atoms with Crippen LogP contribution < -0.4 is 0 Å². The summed E-state index contributed by atoms with van der Waals surface area (Å²) >= 11 is 0. The second kappa shape index (κ2) is 23.3. The monoisotopic (exact) mass is 525 g/mol. The SMILES string of the molecule is CCCCCCCCCOCC(COCCCCC(C)C(=O)OC1CC1CCCCCCCC)N(C)C. The van der Waals surface area contributed by atoms with Gasteiger partial charge < -0.3 is 19.1 Å². The van der Waals surface area contributed by atoms with Gasteiger partial charge in [-0.25, -0.2) is 0 Å². The Kier molecular flexibility index (Phi) is 21.6. The van der Waals surface area contributed by atoms with Crippen LogP contribution in [0.1, 0.15) is 136 Å². The molecule has 0 spiro atoms. The van der Waals surface area contributed by atoms with Crippen molar-refractivity contribution in [3.05, 3.63) is 0 Å². The lowest BCUT2D eigenvalue weighted by Crippen LogP contribution is -2.37. The topological polar surface area (TPSA) is 48.0 Å². The van der Waals surface area contributed by atoms with Crippen LogP contribution in [0.15, 0.2) is 0 Å². The number of carbonyl (C=O) groups is 1. The predicted molar refractivity (Wildman–Crippen MR) is 156 cm³/mol. The van der Waals surface area contributed by atoms with Gasteiger partial charge in [-0.1, -0.05) is 104 Å². The Labute approximate surface area is 230 Å². The third kappa shape index (κ3) is 19.1. The maximum atomic E-state index is 12.4. The molecule has 0 aromatic carbocycles. The minimum atomic E-state index is -0.00939. The van der Waals surface area contributed by atoms with E-state index < -0.39 is 0 Å². The third-order valence-electron chi connectivity index (χ3n) is 7.87. The fourth-order valence-corrected chi connectivity index (χ4v) is 4.84. The van der Waals surface area contributed by atoms with Crippen molar-refractivity contribution in [2.45, 2.75) is 148 Å². The van der Waals surface area contributed by atoms with Crippen molar-refractivity contribution >= 4 is 5.97 Å². The van der Waals surface area contributed by atoms with E-state index in [0.717, 1.165) is 51.9 Å². The number of esters is 1. The normalized spacial score (nSPS) is 18.8. The lowest BCUT2D eigenvalue weighted by molar-refractivity contribution is -0.150. The number of nitrogens with zero attached hydrogens (tertiary/aromatic N) is 1. The summed E-state index contributed by atoms with van der Waals surface area (Å²) in [4.78, 5) is 14.6. The van der Waals surface area contributed by atoms with Gasteiger partial charge in [0.1, 0.15) is 6.10 Å². The molecule has 0 amide bonds. The van der Waals surface area contributed by atoms with Gasteiger partial charge in [-0.2, -0.15) is 0 Å². The molecule has 1 aliphatic carbocycles. The van der Waals surface area contributed by atoms with E-state index >= 15 is 0 Å². The number of carbonyl (C=O) groups excluding carboxylic acids is 1. The van der Waals surface area contributed by atoms with Crippen LogP contribution in [-0.2, 0) is 19.0 Å². The number of rotatable bonds is 27. The molecule has 1 rings (SSSR count). The van der Waals surface area contributed by atoms with Crippen LogP contribution in [0.4, 0.5) is 0 Å². The second-order valence-electron chi connectivity index (χ2n) is 11.8. The zero-order valence-corrected chi connectivity index (χ0v) is 25.4. The first-order valence-corrected chi connectivity index (χ1v) is 16.0. The Morgan fingerprint density at radius 3 is 1.84 bits per heavy atom. The summed E-state index contributed by atoms with van der Waals surface area (Å²) in [6, 6.07) is 0.293. The molecule has 0 radical (unpaired) electrons. The molecule has 1 saturated carbocycles. The average molecular weight is 526 g/mol. The van der Waals surface area contributed by atoms with Crippen molar-refractivity contribution in [3.8, 4) is 0 Å². The molecule has 0 aromatic rings. The van der Waals surface area contributed by atoms with Gasteiger partial charge in [0, 0.05) is 13.2 Å². The quantitative estimate of drug-likeness (QED) is 0.0799. The molecule has 4 atom stereocenters. The van der Waals surface area contributed by atoms with Crippen LogP contribution in [0, 0.1) is 11.8 Å². The molecule has 1 aliphatic rings. The summed E-state index contributed by atoms with van der Waals surface area (Å²) in [7, 11) is 4.19.